The van der Waals surface area contributed by atoms with Gasteiger partial charge in [0.1, 0.15) is 5.52 Å². The summed E-state index contributed by atoms with van der Waals surface area (Å²) < 4.78 is 0. The molecule has 0 fully saturated rings. The Morgan fingerprint density at radius 2 is 2.25 bits per heavy atom. The van der Waals surface area contributed by atoms with Crippen molar-refractivity contribution in [2.75, 3.05) is 5.32 Å². The molecule has 0 aliphatic heterocycles. The first-order chi connectivity index (χ1) is 9.65. The second kappa shape index (κ2) is 6.65. The summed E-state index contributed by atoms with van der Waals surface area (Å²) in [4.78, 5) is 27.3. The number of fused-ring (bicyclic) bond motifs is 1. The number of amides is 1. The van der Waals surface area contributed by atoms with Crippen molar-refractivity contribution in [1.82, 2.24) is 19.9 Å². The van der Waals surface area contributed by atoms with E-state index in [-0.39, 0.29) is 22.9 Å². The fourth-order valence-electron chi connectivity index (χ4n) is 2.04. The average molecular weight is 296 g/mol. The first-order valence-electron chi connectivity index (χ1n) is 6.83. The van der Waals surface area contributed by atoms with E-state index in [1.807, 2.05) is 6.92 Å². The third-order valence-electron chi connectivity index (χ3n) is 3.25. The maximum Gasteiger partial charge on any atom is 0.233 e. The van der Waals surface area contributed by atoms with E-state index in [1.165, 1.54) is 6.33 Å². The maximum atomic E-state index is 12.2. The zero-order valence-corrected chi connectivity index (χ0v) is 12.4. The van der Waals surface area contributed by atoms with Crippen LogP contribution in [-0.4, -0.2) is 25.8 Å². The highest BCUT2D eigenvalue weighted by Gasteiger charge is 2.18. The first kappa shape index (κ1) is 14.7. The van der Waals surface area contributed by atoms with Crippen LogP contribution in [0.2, 0.25) is 5.15 Å². The summed E-state index contributed by atoms with van der Waals surface area (Å²) in [7, 11) is 0. The number of anilines is 1. The van der Waals surface area contributed by atoms with Gasteiger partial charge in [-0.3, -0.25) is 10.1 Å². The van der Waals surface area contributed by atoms with E-state index in [0.717, 1.165) is 25.7 Å². The van der Waals surface area contributed by atoms with Crippen LogP contribution in [0.15, 0.2) is 6.33 Å². The van der Waals surface area contributed by atoms with Gasteiger partial charge in [0, 0.05) is 5.92 Å². The summed E-state index contributed by atoms with van der Waals surface area (Å²) in [5.41, 5.74) is 1.02. The molecule has 6 nitrogen and oxygen atoms in total. The van der Waals surface area contributed by atoms with Gasteiger partial charge in [0.2, 0.25) is 11.9 Å². The van der Waals surface area contributed by atoms with Crippen LogP contribution in [0.4, 0.5) is 5.95 Å². The summed E-state index contributed by atoms with van der Waals surface area (Å²) in [6.07, 6.45) is 5.27. The van der Waals surface area contributed by atoms with Crippen molar-refractivity contribution in [3.63, 3.8) is 0 Å². The fraction of sp³-hybridized carbons (Fsp3) is 0.538. The van der Waals surface area contributed by atoms with Gasteiger partial charge in [0.25, 0.3) is 0 Å². The predicted molar refractivity (Wildman–Crippen MR) is 78.6 cm³/mol. The Hall–Kier alpha value is -1.69. The molecule has 2 N–H and O–H groups in total. The van der Waals surface area contributed by atoms with E-state index in [2.05, 4.69) is 32.2 Å². The number of nitrogens with one attached hydrogen (secondary N) is 2. The second-order valence-corrected chi connectivity index (χ2v) is 5.03. The zero-order valence-electron chi connectivity index (χ0n) is 11.6. The Bertz CT molecular complexity index is 597. The Morgan fingerprint density at radius 3 is 2.95 bits per heavy atom. The summed E-state index contributed by atoms with van der Waals surface area (Å²) in [5, 5.41) is 2.98. The fourth-order valence-corrected chi connectivity index (χ4v) is 2.26. The number of nitrogens with zero attached hydrogens (tertiary/aromatic N) is 3. The van der Waals surface area contributed by atoms with Crippen molar-refractivity contribution < 1.29 is 4.79 Å². The summed E-state index contributed by atoms with van der Waals surface area (Å²) in [6, 6.07) is 0. The lowest BCUT2D eigenvalue weighted by Gasteiger charge is -2.13. The van der Waals surface area contributed by atoms with E-state index in [4.69, 9.17) is 11.6 Å². The summed E-state index contributed by atoms with van der Waals surface area (Å²) >= 11 is 6.01. The molecule has 0 radical (unpaired) electrons. The number of aromatic nitrogens is 4. The quantitative estimate of drug-likeness (QED) is 0.802. The molecule has 0 spiro atoms. The molecule has 1 unspecified atom stereocenters. The average Bonchev–Trinajstić information content (AvgIpc) is 2.88. The van der Waals surface area contributed by atoms with Gasteiger partial charge < -0.3 is 4.98 Å². The molecule has 0 aromatic carbocycles. The third-order valence-corrected chi connectivity index (χ3v) is 3.52. The Labute approximate surface area is 122 Å². The smallest absolute Gasteiger partial charge is 0.233 e. The van der Waals surface area contributed by atoms with Crippen LogP contribution < -0.4 is 5.32 Å². The number of hydrogen-bond donors (Lipinski definition) is 2. The van der Waals surface area contributed by atoms with E-state index >= 15 is 0 Å². The van der Waals surface area contributed by atoms with Crippen molar-refractivity contribution in [2.24, 2.45) is 5.92 Å². The molecule has 1 amide bonds. The van der Waals surface area contributed by atoms with Crippen molar-refractivity contribution in [2.45, 2.75) is 39.5 Å². The maximum absolute atomic E-state index is 12.2. The van der Waals surface area contributed by atoms with Crippen LogP contribution in [0.3, 0.4) is 0 Å². The molecule has 1 atom stereocenters. The van der Waals surface area contributed by atoms with Crippen molar-refractivity contribution in [3.8, 4) is 0 Å². The monoisotopic (exact) mass is 295 g/mol. The first-order valence-corrected chi connectivity index (χ1v) is 7.21. The lowest BCUT2D eigenvalue weighted by molar-refractivity contribution is -0.120. The molecule has 20 heavy (non-hydrogen) atoms. The third kappa shape index (κ3) is 3.25. The number of rotatable bonds is 6. The summed E-state index contributed by atoms with van der Waals surface area (Å²) in [5.74, 6) is 0.119. The number of carbonyl (C=O) groups is 1. The van der Waals surface area contributed by atoms with Crippen LogP contribution >= 0.6 is 11.6 Å². The zero-order chi connectivity index (χ0) is 14.5. The number of H-pyrrole nitrogens is 1. The minimum absolute atomic E-state index is 0.0211. The van der Waals surface area contributed by atoms with Gasteiger partial charge in [-0.25, -0.2) is 4.98 Å². The molecule has 2 aromatic rings. The van der Waals surface area contributed by atoms with Gasteiger partial charge >= 0.3 is 0 Å². The molecule has 0 saturated heterocycles. The molecule has 2 aromatic heterocycles. The van der Waals surface area contributed by atoms with E-state index in [9.17, 15) is 4.79 Å². The Morgan fingerprint density at radius 1 is 1.45 bits per heavy atom. The highest BCUT2D eigenvalue weighted by molar-refractivity contribution is 6.33. The largest absolute Gasteiger partial charge is 0.341 e. The summed E-state index contributed by atoms with van der Waals surface area (Å²) in [6.45, 7) is 4.11. The lowest BCUT2D eigenvalue weighted by atomic mass is 9.99. The molecule has 2 rings (SSSR count). The molecule has 7 heteroatoms. The minimum atomic E-state index is -0.0631. The van der Waals surface area contributed by atoms with Crippen molar-refractivity contribution in [3.05, 3.63) is 11.5 Å². The standard InChI is InChI=1S/C13H18ClN5O/c1-3-5-6-8(4-2)12(20)19-13-17-10(14)9-11(18-13)16-7-15-9/h7-8H,3-6H2,1-2H3,(H2,15,16,17,18,19,20). The molecule has 2 heterocycles. The van der Waals surface area contributed by atoms with Crippen molar-refractivity contribution in [1.29, 1.82) is 0 Å². The van der Waals surface area contributed by atoms with Crippen LogP contribution in [0.25, 0.3) is 11.2 Å². The van der Waals surface area contributed by atoms with Crippen LogP contribution in [-0.2, 0) is 4.79 Å². The molecular formula is C13H18ClN5O. The number of unbranched alkanes of at least 4 members (excludes halogenated alkanes) is 1. The van der Waals surface area contributed by atoms with Crippen LogP contribution in [0.1, 0.15) is 39.5 Å². The number of halogens is 1. The predicted octanol–water partition coefficient (Wildman–Crippen LogP) is 3.16. The molecule has 108 valence electrons. The number of carbonyl (C=O) groups excluding carboxylic acids is 1. The highest BCUT2D eigenvalue weighted by atomic mass is 35.5. The molecule has 0 bridgehead atoms. The van der Waals surface area contributed by atoms with E-state index in [0.29, 0.717) is 11.2 Å². The Balaban J connectivity index is 2.12. The Kier molecular flexibility index (Phi) is 4.89. The van der Waals surface area contributed by atoms with Gasteiger partial charge in [-0.2, -0.15) is 9.97 Å². The number of hydrogen-bond acceptors (Lipinski definition) is 4. The normalized spacial score (nSPS) is 12.6. The van der Waals surface area contributed by atoms with Crippen LogP contribution in [0, 0.1) is 5.92 Å². The second-order valence-electron chi connectivity index (χ2n) is 4.68. The lowest BCUT2D eigenvalue weighted by Crippen LogP contribution is -2.23. The molecule has 0 saturated carbocycles. The minimum Gasteiger partial charge on any atom is -0.341 e. The van der Waals surface area contributed by atoms with Gasteiger partial charge in [0.05, 0.1) is 6.33 Å². The van der Waals surface area contributed by atoms with Gasteiger partial charge in [-0.05, 0) is 12.8 Å². The van der Waals surface area contributed by atoms with Gasteiger partial charge in [-0.1, -0.05) is 38.3 Å². The van der Waals surface area contributed by atoms with E-state index in [1.54, 1.807) is 0 Å². The highest BCUT2D eigenvalue weighted by Crippen LogP contribution is 2.19. The topological polar surface area (TPSA) is 83.6 Å². The van der Waals surface area contributed by atoms with Gasteiger partial charge in [-0.15, -0.1) is 0 Å². The molecule has 0 aliphatic rings. The SMILES string of the molecule is CCCCC(CC)C(=O)Nc1nc(Cl)c2[nH]cnc2n1. The van der Waals surface area contributed by atoms with Crippen molar-refractivity contribution >= 4 is 34.6 Å². The number of imidazole rings is 1. The van der Waals surface area contributed by atoms with Crippen LogP contribution in [0.5, 0.6) is 0 Å². The number of aromatic amines is 1. The van der Waals surface area contributed by atoms with E-state index < -0.39 is 0 Å². The van der Waals surface area contributed by atoms with Gasteiger partial charge in [0.15, 0.2) is 10.8 Å². The molecular weight excluding hydrogens is 278 g/mol. The molecule has 0 aliphatic carbocycles.